The number of carbonyl (C=O) groups excluding carboxylic acids is 2. The van der Waals surface area contributed by atoms with Gasteiger partial charge in [-0.05, 0) is 57.0 Å². The number of amides is 2. The normalized spacial score (nSPS) is 10.7. The second-order valence-corrected chi connectivity index (χ2v) is 8.51. The second kappa shape index (κ2) is 9.04. The first-order chi connectivity index (χ1) is 14.2. The topological polar surface area (TPSA) is 93.1 Å². The van der Waals surface area contributed by atoms with E-state index in [1.54, 1.807) is 17.4 Å². The Morgan fingerprint density at radius 1 is 1.00 bits per heavy atom. The minimum absolute atomic E-state index is 0.190. The highest BCUT2D eigenvalue weighted by Gasteiger charge is 2.12. The van der Waals surface area contributed by atoms with Crippen LogP contribution in [0.25, 0.3) is 10.6 Å². The lowest BCUT2D eigenvalue weighted by Gasteiger charge is -2.13. The lowest BCUT2D eigenvalue weighted by atomic mass is 10.1. The molecule has 2 amide bonds. The summed E-state index contributed by atoms with van der Waals surface area (Å²) < 4.78 is 1.10. The van der Waals surface area contributed by atoms with Gasteiger partial charge in [0, 0.05) is 16.6 Å². The highest BCUT2D eigenvalue weighted by atomic mass is 32.1. The molecule has 156 valence electrons. The first kappa shape index (κ1) is 21.4. The van der Waals surface area contributed by atoms with Gasteiger partial charge in [-0.25, -0.2) is 4.68 Å². The van der Waals surface area contributed by atoms with Crippen molar-refractivity contribution in [3.63, 3.8) is 0 Å². The molecule has 2 heterocycles. The van der Waals surface area contributed by atoms with E-state index in [1.807, 2.05) is 52.0 Å². The summed E-state index contributed by atoms with van der Waals surface area (Å²) in [5.41, 5.74) is 4.04. The van der Waals surface area contributed by atoms with Gasteiger partial charge in [-0.3, -0.25) is 14.4 Å². The molecule has 2 aromatic heterocycles. The molecule has 0 aliphatic rings. The van der Waals surface area contributed by atoms with E-state index < -0.39 is 5.91 Å². The van der Waals surface area contributed by atoms with Gasteiger partial charge in [0.25, 0.3) is 5.56 Å². The molecule has 0 bridgehead atoms. The molecule has 0 fully saturated rings. The predicted molar refractivity (Wildman–Crippen MR) is 119 cm³/mol. The number of benzene rings is 1. The van der Waals surface area contributed by atoms with Crippen LogP contribution in [-0.2, 0) is 16.1 Å². The van der Waals surface area contributed by atoms with Crippen molar-refractivity contribution in [3.05, 3.63) is 68.3 Å². The summed E-state index contributed by atoms with van der Waals surface area (Å²) in [6.07, 6.45) is 0. The quantitative estimate of drug-likeness (QED) is 0.636. The fourth-order valence-corrected chi connectivity index (χ4v) is 4.03. The van der Waals surface area contributed by atoms with E-state index in [0.717, 1.165) is 36.8 Å². The molecule has 0 atom stereocenters. The standard InChI is InChI=1S/C22H24N4O3S/c1-13-9-14(2)22(15(3)10-13)24-19(27)11-23-20(28)12-26-21(29)8-6-17(25-26)18-7-5-16(4)30-18/h5-10H,11-12H2,1-4H3,(H,23,28)(H,24,27). The Labute approximate surface area is 178 Å². The van der Waals surface area contributed by atoms with Gasteiger partial charge in [0.1, 0.15) is 12.2 Å². The predicted octanol–water partition coefficient (Wildman–Crippen LogP) is 2.96. The summed E-state index contributed by atoms with van der Waals surface area (Å²) in [6, 6.07) is 10.9. The summed E-state index contributed by atoms with van der Waals surface area (Å²) in [7, 11) is 0. The Hall–Kier alpha value is -3.26. The number of nitrogens with zero attached hydrogens (tertiary/aromatic N) is 2. The zero-order chi connectivity index (χ0) is 21.8. The van der Waals surface area contributed by atoms with E-state index in [-0.39, 0.29) is 24.6 Å². The third kappa shape index (κ3) is 5.21. The lowest BCUT2D eigenvalue weighted by Crippen LogP contribution is -2.37. The maximum atomic E-state index is 12.3. The number of carbonyl (C=O) groups is 2. The van der Waals surface area contributed by atoms with Crippen LogP contribution in [0.1, 0.15) is 21.6 Å². The molecule has 0 aliphatic carbocycles. The van der Waals surface area contributed by atoms with Crippen molar-refractivity contribution in [1.82, 2.24) is 15.1 Å². The Kier molecular flexibility index (Phi) is 6.47. The van der Waals surface area contributed by atoms with Crippen LogP contribution in [0, 0.1) is 27.7 Å². The van der Waals surface area contributed by atoms with Gasteiger partial charge in [0.2, 0.25) is 11.8 Å². The van der Waals surface area contributed by atoms with Crippen LogP contribution in [0.3, 0.4) is 0 Å². The molecule has 0 spiro atoms. The largest absolute Gasteiger partial charge is 0.345 e. The molecule has 0 saturated carbocycles. The summed E-state index contributed by atoms with van der Waals surface area (Å²) in [5.74, 6) is -0.793. The SMILES string of the molecule is Cc1cc(C)c(NC(=O)CNC(=O)Cn2nc(-c3ccc(C)s3)ccc2=O)c(C)c1. The van der Waals surface area contributed by atoms with E-state index in [9.17, 15) is 14.4 Å². The highest BCUT2D eigenvalue weighted by Crippen LogP contribution is 2.25. The number of hydrogen-bond acceptors (Lipinski definition) is 5. The Bertz CT molecular complexity index is 1140. The zero-order valence-electron chi connectivity index (χ0n) is 17.4. The third-order valence-electron chi connectivity index (χ3n) is 4.54. The number of anilines is 1. The van der Waals surface area contributed by atoms with Crippen molar-refractivity contribution in [2.75, 3.05) is 11.9 Å². The average Bonchev–Trinajstić information content (AvgIpc) is 3.11. The van der Waals surface area contributed by atoms with E-state index in [4.69, 9.17) is 0 Å². The molecule has 7 nitrogen and oxygen atoms in total. The first-order valence-electron chi connectivity index (χ1n) is 9.52. The fourth-order valence-electron chi connectivity index (χ4n) is 3.20. The van der Waals surface area contributed by atoms with Crippen LogP contribution in [0.15, 0.2) is 41.2 Å². The van der Waals surface area contributed by atoms with Crippen molar-refractivity contribution in [1.29, 1.82) is 0 Å². The minimum atomic E-state index is -0.461. The molecule has 8 heteroatoms. The van der Waals surface area contributed by atoms with Crippen molar-refractivity contribution in [3.8, 4) is 10.6 Å². The molecule has 0 unspecified atom stereocenters. The van der Waals surface area contributed by atoms with Gasteiger partial charge >= 0.3 is 0 Å². The zero-order valence-corrected chi connectivity index (χ0v) is 18.2. The second-order valence-electron chi connectivity index (χ2n) is 7.22. The van der Waals surface area contributed by atoms with Crippen LogP contribution >= 0.6 is 11.3 Å². The van der Waals surface area contributed by atoms with E-state index in [2.05, 4.69) is 15.7 Å². The van der Waals surface area contributed by atoms with E-state index >= 15 is 0 Å². The number of aryl methyl sites for hydroxylation is 4. The van der Waals surface area contributed by atoms with Crippen molar-refractivity contribution in [2.45, 2.75) is 34.2 Å². The summed E-state index contributed by atoms with van der Waals surface area (Å²) in [6.45, 7) is 7.39. The summed E-state index contributed by atoms with van der Waals surface area (Å²) >= 11 is 1.56. The number of hydrogen-bond donors (Lipinski definition) is 2. The minimum Gasteiger partial charge on any atom is -0.345 e. The van der Waals surface area contributed by atoms with Crippen molar-refractivity contribution < 1.29 is 9.59 Å². The molecule has 0 saturated heterocycles. The van der Waals surface area contributed by atoms with Crippen LogP contribution < -0.4 is 16.2 Å². The maximum absolute atomic E-state index is 12.3. The van der Waals surface area contributed by atoms with Crippen LogP contribution in [-0.4, -0.2) is 28.1 Å². The van der Waals surface area contributed by atoms with Gasteiger partial charge in [0.15, 0.2) is 0 Å². The van der Waals surface area contributed by atoms with Gasteiger partial charge < -0.3 is 10.6 Å². The molecule has 0 radical (unpaired) electrons. The lowest BCUT2D eigenvalue weighted by molar-refractivity contribution is -0.124. The highest BCUT2D eigenvalue weighted by molar-refractivity contribution is 7.15. The number of aromatic nitrogens is 2. The average molecular weight is 425 g/mol. The fraction of sp³-hybridized carbons (Fsp3) is 0.273. The summed E-state index contributed by atoms with van der Waals surface area (Å²) in [4.78, 5) is 38.6. The van der Waals surface area contributed by atoms with Crippen molar-refractivity contribution in [2.24, 2.45) is 0 Å². The van der Waals surface area contributed by atoms with Gasteiger partial charge in [0.05, 0.1) is 11.4 Å². The molecule has 3 rings (SSSR count). The van der Waals surface area contributed by atoms with Crippen LogP contribution in [0.4, 0.5) is 5.69 Å². The van der Waals surface area contributed by atoms with Crippen LogP contribution in [0.5, 0.6) is 0 Å². The molecule has 3 aromatic rings. The Morgan fingerprint density at radius 3 is 2.33 bits per heavy atom. The maximum Gasteiger partial charge on any atom is 0.267 e. The third-order valence-corrected chi connectivity index (χ3v) is 5.56. The molecular weight excluding hydrogens is 400 g/mol. The van der Waals surface area contributed by atoms with Crippen LogP contribution in [0.2, 0.25) is 0 Å². The smallest absolute Gasteiger partial charge is 0.267 e. The number of rotatable bonds is 6. The van der Waals surface area contributed by atoms with Gasteiger partial charge in [-0.15, -0.1) is 11.3 Å². The molecule has 1 aromatic carbocycles. The van der Waals surface area contributed by atoms with Gasteiger partial charge in [-0.2, -0.15) is 5.10 Å². The number of nitrogens with one attached hydrogen (secondary N) is 2. The van der Waals surface area contributed by atoms with Crippen molar-refractivity contribution >= 4 is 28.8 Å². The molecule has 2 N–H and O–H groups in total. The van der Waals surface area contributed by atoms with Gasteiger partial charge in [-0.1, -0.05) is 17.7 Å². The monoisotopic (exact) mass is 424 g/mol. The molecule has 0 aliphatic heterocycles. The Morgan fingerprint density at radius 2 is 1.70 bits per heavy atom. The molecular formula is C22H24N4O3S. The van der Waals surface area contributed by atoms with E-state index in [1.165, 1.54) is 6.07 Å². The first-order valence-corrected chi connectivity index (χ1v) is 10.3. The van der Waals surface area contributed by atoms with E-state index in [0.29, 0.717) is 5.69 Å². The molecule has 30 heavy (non-hydrogen) atoms. The Balaban J connectivity index is 1.61. The summed E-state index contributed by atoms with van der Waals surface area (Å²) in [5, 5.41) is 9.65. The number of thiophene rings is 1.